The van der Waals surface area contributed by atoms with Crippen molar-refractivity contribution in [2.75, 3.05) is 6.61 Å². The van der Waals surface area contributed by atoms with Gasteiger partial charge < -0.3 is 4.74 Å². The van der Waals surface area contributed by atoms with Gasteiger partial charge in [-0.05, 0) is 26.0 Å². The van der Waals surface area contributed by atoms with Gasteiger partial charge >= 0.3 is 5.97 Å². The van der Waals surface area contributed by atoms with Crippen LogP contribution in [0.15, 0.2) is 78.9 Å². The Bertz CT molecular complexity index is 1230. The third kappa shape index (κ3) is 4.13. The Balaban J connectivity index is 1.63. The van der Waals surface area contributed by atoms with Gasteiger partial charge in [0.25, 0.3) is 0 Å². The van der Waals surface area contributed by atoms with E-state index in [4.69, 9.17) is 9.72 Å². The van der Waals surface area contributed by atoms with Crippen molar-refractivity contribution in [3.05, 3.63) is 101 Å². The third-order valence-corrected chi connectivity index (χ3v) is 4.99. The van der Waals surface area contributed by atoms with Crippen molar-refractivity contribution in [2.24, 2.45) is 0 Å². The molecule has 0 atom stereocenters. The number of Topliss-reactive ketones (excluding diaryl/α,β-unsaturated/α-hetero) is 1. The van der Waals surface area contributed by atoms with E-state index < -0.39 is 5.97 Å². The molecule has 0 aliphatic carbocycles. The van der Waals surface area contributed by atoms with Crippen LogP contribution in [0.1, 0.15) is 31.8 Å². The van der Waals surface area contributed by atoms with Crippen LogP contribution in [0, 0.1) is 13.8 Å². The Morgan fingerprint density at radius 2 is 1.47 bits per heavy atom. The van der Waals surface area contributed by atoms with E-state index in [0.717, 1.165) is 16.7 Å². The van der Waals surface area contributed by atoms with Crippen LogP contribution in [-0.4, -0.2) is 23.3 Å². The van der Waals surface area contributed by atoms with Crippen molar-refractivity contribution in [2.45, 2.75) is 13.8 Å². The van der Waals surface area contributed by atoms with Gasteiger partial charge in [0.15, 0.2) is 12.4 Å². The lowest BCUT2D eigenvalue weighted by molar-refractivity contribution is 0.0476. The first-order valence-electron chi connectivity index (χ1n) is 9.75. The SMILES string of the molecule is Cc1ccc(C(=O)COC(=O)c2cc(-c3ccc(C)cc3)nc3ccccc23)cc1. The summed E-state index contributed by atoms with van der Waals surface area (Å²) in [6.45, 7) is 3.67. The smallest absolute Gasteiger partial charge is 0.339 e. The molecule has 0 fully saturated rings. The highest BCUT2D eigenvalue weighted by molar-refractivity contribution is 6.06. The van der Waals surface area contributed by atoms with E-state index in [-0.39, 0.29) is 12.4 Å². The van der Waals surface area contributed by atoms with Gasteiger partial charge in [0.05, 0.1) is 16.8 Å². The molecule has 0 amide bonds. The Kier molecular flexibility index (Phi) is 5.40. The molecule has 30 heavy (non-hydrogen) atoms. The van der Waals surface area contributed by atoms with Gasteiger partial charge in [0, 0.05) is 16.5 Å². The second kappa shape index (κ2) is 8.29. The molecule has 0 radical (unpaired) electrons. The zero-order valence-corrected chi connectivity index (χ0v) is 16.9. The molecular weight excluding hydrogens is 374 g/mol. The first-order chi connectivity index (χ1) is 14.5. The number of rotatable bonds is 5. The van der Waals surface area contributed by atoms with Crippen molar-refractivity contribution in [1.29, 1.82) is 0 Å². The van der Waals surface area contributed by atoms with Crippen LogP contribution in [0.25, 0.3) is 22.2 Å². The topological polar surface area (TPSA) is 56.3 Å². The number of aryl methyl sites for hydroxylation is 2. The maximum atomic E-state index is 12.9. The number of nitrogens with zero attached hydrogens (tertiary/aromatic N) is 1. The molecule has 0 unspecified atom stereocenters. The predicted octanol–water partition coefficient (Wildman–Crippen LogP) is 5.56. The minimum Gasteiger partial charge on any atom is -0.454 e. The first kappa shape index (κ1) is 19.5. The average molecular weight is 395 g/mol. The average Bonchev–Trinajstić information content (AvgIpc) is 2.77. The molecule has 0 bridgehead atoms. The molecule has 148 valence electrons. The molecular formula is C26H21NO3. The number of para-hydroxylation sites is 1. The van der Waals surface area contributed by atoms with Gasteiger partial charge in [-0.15, -0.1) is 0 Å². The molecule has 0 saturated carbocycles. The van der Waals surface area contributed by atoms with Crippen LogP contribution in [0.4, 0.5) is 0 Å². The Labute approximate surface area is 175 Å². The number of ketones is 1. The minimum atomic E-state index is -0.539. The number of ether oxygens (including phenoxy) is 1. The van der Waals surface area contributed by atoms with Crippen LogP contribution in [0.3, 0.4) is 0 Å². The lowest BCUT2D eigenvalue weighted by Gasteiger charge is -2.10. The minimum absolute atomic E-state index is 0.236. The molecule has 4 nitrogen and oxygen atoms in total. The number of carbonyl (C=O) groups excluding carboxylic acids is 2. The highest BCUT2D eigenvalue weighted by Crippen LogP contribution is 2.25. The summed E-state index contributed by atoms with van der Waals surface area (Å²) in [5.41, 5.74) is 5.43. The Morgan fingerprint density at radius 3 is 2.17 bits per heavy atom. The van der Waals surface area contributed by atoms with Crippen LogP contribution < -0.4 is 0 Å². The molecule has 0 N–H and O–H groups in total. The fourth-order valence-electron chi connectivity index (χ4n) is 3.25. The monoisotopic (exact) mass is 395 g/mol. The van der Waals surface area contributed by atoms with Gasteiger partial charge in [0.2, 0.25) is 0 Å². The number of fused-ring (bicyclic) bond motifs is 1. The maximum Gasteiger partial charge on any atom is 0.339 e. The van der Waals surface area contributed by atoms with Gasteiger partial charge in [-0.3, -0.25) is 4.79 Å². The summed E-state index contributed by atoms with van der Waals surface area (Å²) >= 11 is 0. The quantitative estimate of drug-likeness (QED) is 0.328. The zero-order chi connectivity index (χ0) is 21.1. The van der Waals surface area contributed by atoms with Crippen LogP contribution in [0.5, 0.6) is 0 Å². The highest BCUT2D eigenvalue weighted by atomic mass is 16.5. The molecule has 0 aliphatic rings. The summed E-state index contributed by atoms with van der Waals surface area (Å²) in [6, 6.07) is 24.3. The largest absolute Gasteiger partial charge is 0.454 e. The molecule has 0 spiro atoms. The van der Waals surface area contributed by atoms with E-state index in [1.165, 1.54) is 0 Å². The van der Waals surface area contributed by atoms with Crippen molar-refractivity contribution in [3.8, 4) is 11.3 Å². The van der Waals surface area contributed by atoms with Crippen LogP contribution in [0.2, 0.25) is 0 Å². The number of hydrogen-bond donors (Lipinski definition) is 0. The molecule has 0 saturated heterocycles. The molecule has 3 aromatic carbocycles. The first-order valence-corrected chi connectivity index (χ1v) is 9.75. The number of esters is 1. The Morgan fingerprint density at radius 1 is 0.833 bits per heavy atom. The summed E-state index contributed by atoms with van der Waals surface area (Å²) in [5, 5.41) is 0.696. The number of aromatic nitrogens is 1. The van der Waals surface area contributed by atoms with Crippen molar-refractivity contribution in [3.63, 3.8) is 0 Å². The summed E-state index contributed by atoms with van der Waals surface area (Å²) in [4.78, 5) is 30.0. The lowest BCUT2D eigenvalue weighted by Crippen LogP contribution is -2.15. The van der Waals surface area contributed by atoms with Crippen molar-refractivity contribution >= 4 is 22.7 Å². The molecule has 4 aromatic rings. The van der Waals surface area contributed by atoms with Gasteiger partial charge in [-0.25, -0.2) is 9.78 Å². The van der Waals surface area contributed by atoms with E-state index in [9.17, 15) is 9.59 Å². The zero-order valence-electron chi connectivity index (χ0n) is 16.9. The van der Waals surface area contributed by atoms with Gasteiger partial charge in [-0.2, -0.15) is 0 Å². The molecule has 1 aromatic heterocycles. The van der Waals surface area contributed by atoms with E-state index in [1.54, 1.807) is 18.2 Å². The molecule has 1 heterocycles. The van der Waals surface area contributed by atoms with Crippen molar-refractivity contribution in [1.82, 2.24) is 4.98 Å². The summed E-state index contributed by atoms with van der Waals surface area (Å²) < 4.78 is 5.38. The number of pyridine rings is 1. The third-order valence-electron chi connectivity index (χ3n) is 4.99. The van der Waals surface area contributed by atoms with E-state index in [0.29, 0.717) is 27.7 Å². The van der Waals surface area contributed by atoms with Crippen LogP contribution >= 0.6 is 0 Å². The number of carbonyl (C=O) groups is 2. The van der Waals surface area contributed by atoms with E-state index in [1.807, 2.05) is 74.5 Å². The van der Waals surface area contributed by atoms with E-state index >= 15 is 0 Å². The molecule has 0 aliphatic heterocycles. The molecule has 4 heteroatoms. The summed E-state index contributed by atoms with van der Waals surface area (Å²) in [7, 11) is 0. The normalized spacial score (nSPS) is 10.7. The van der Waals surface area contributed by atoms with Crippen LogP contribution in [-0.2, 0) is 4.74 Å². The van der Waals surface area contributed by atoms with Gasteiger partial charge in [0.1, 0.15) is 0 Å². The number of hydrogen-bond acceptors (Lipinski definition) is 4. The van der Waals surface area contributed by atoms with E-state index in [2.05, 4.69) is 0 Å². The fourth-order valence-corrected chi connectivity index (χ4v) is 3.25. The standard InChI is InChI=1S/C26H21NO3/c1-17-7-11-19(12-8-17)24-15-22(21-5-3-4-6-23(21)27-24)26(29)30-16-25(28)20-13-9-18(2)10-14-20/h3-15H,16H2,1-2H3. The fraction of sp³-hybridized carbons (Fsp3) is 0.115. The van der Waals surface area contributed by atoms with Crippen molar-refractivity contribution < 1.29 is 14.3 Å². The maximum absolute atomic E-state index is 12.9. The predicted molar refractivity (Wildman–Crippen MR) is 118 cm³/mol. The molecule has 4 rings (SSSR count). The number of benzene rings is 3. The second-order valence-corrected chi connectivity index (χ2v) is 7.30. The second-order valence-electron chi connectivity index (χ2n) is 7.30. The van der Waals surface area contributed by atoms with Gasteiger partial charge in [-0.1, -0.05) is 77.9 Å². The highest BCUT2D eigenvalue weighted by Gasteiger charge is 2.17. The summed E-state index contributed by atoms with van der Waals surface area (Å²) in [6.07, 6.45) is 0. The Hall–Kier alpha value is -3.79. The summed E-state index contributed by atoms with van der Waals surface area (Å²) in [5.74, 6) is -0.775. The lowest BCUT2D eigenvalue weighted by atomic mass is 10.0.